The predicted octanol–water partition coefficient (Wildman–Crippen LogP) is 3.18. The smallest absolute Gasteiger partial charge is 0.236 e. The van der Waals surface area contributed by atoms with Crippen molar-refractivity contribution in [3.8, 4) is 5.75 Å². The first-order valence-electron chi connectivity index (χ1n) is 6.65. The number of unbranched alkanes of at least 4 members (excludes halogenated alkanes) is 1. The van der Waals surface area contributed by atoms with Crippen molar-refractivity contribution in [3.05, 3.63) is 28.2 Å². The van der Waals surface area contributed by atoms with E-state index in [1.165, 1.54) is 11.8 Å². The number of hydrogen-bond acceptors (Lipinski definition) is 5. The Morgan fingerprint density at radius 3 is 3.10 bits per heavy atom. The number of nitrogens with zero attached hydrogens (tertiary/aromatic N) is 2. The van der Waals surface area contributed by atoms with Crippen molar-refractivity contribution in [2.45, 2.75) is 19.8 Å². The minimum atomic E-state index is -0.0417. The Morgan fingerprint density at radius 1 is 1.52 bits per heavy atom. The topological polar surface area (TPSA) is 63.1 Å². The van der Waals surface area contributed by atoms with Crippen molar-refractivity contribution in [2.24, 2.45) is 10.2 Å². The molecule has 2 rings (SSSR count). The van der Waals surface area contributed by atoms with Crippen LogP contribution in [0.3, 0.4) is 0 Å². The summed E-state index contributed by atoms with van der Waals surface area (Å²) in [5.41, 5.74) is 0.846. The molecule has 0 saturated carbocycles. The molecule has 1 heterocycles. The van der Waals surface area contributed by atoms with E-state index in [0.29, 0.717) is 17.5 Å². The van der Waals surface area contributed by atoms with Crippen LogP contribution in [0.5, 0.6) is 5.75 Å². The first-order valence-corrected chi connectivity index (χ1v) is 8.43. The fraction of sp³-hybridized carbons (Fsp3) is 0.357. The zero-order valence-corrected chi connectivity index (χ0v) is 14.0. The average Bonchev–Trinajstić information content (AvgIpc) is 2.87. The van der Waals surface area contributed by atoms with E-state index in [9.17, 15) is 4.79 Å². The van der Waals surface area contributed by atoms with Crippen LogP contribution in [0.2, 0.25) is 0 Å². The second-order valence-corrected chi connectivity index (χ2v) is 6.25. The second kappa shape index (κ2) is 8.19. The van der Waals surface area contributed by atoms with Gasteiger partial charge in [-0.1, -0.05) is 41.0 Å². The zero-order valence-electron chi connectivity index (χ0n) is 11.6. The van der Waals surface area contributed by atoms with Crippen LogP contribution >= 0.6 is 27.7 Å². The third kappa shape index (κ3) is 5.17. The van der Waals surface area contributed by atoms with Gasteiger partial charge in [-0.3, -0.25) is 4.79 Å². The maximum Gasteiger partial charge on any atom is 0.236 e. The predicted molar refractivity (Wildman–Crippen MR) is 90.2 cm³/mol. The summed E-state index contributed by atoms with van der Waals surface area (Å²) in [6.45, 7) is 2.80. The summed E-state index contributed by atoms with van der Waals surface area (Å²) in [5.74, 6) is 1.13. The summed E-state index contributed by atoms with van der Waals surface area (Å²) in [4.78, 5) is 11.0. The van der Waals surface area contributed by atoms with Crippen molar-refractivity contribution >= 4 is 45.0 Å². The van der Waals surface area contributed by atoms with Gasteiger partial charge in [-0.25, -0.2) is 0 Å². The number of nitrogens with one attached hydrogen (secondary N) is 1. The van der Waals surface area contributed by atoms with Gasteiger partial charge in [0.2, 0.25) is 5.91 Å². The van der Waals surface area contributed by atoms with Gasteiger partial charge in [0.05, 0.1) is 18.6 Å². The standard InChI is InChI=1S/C14H16BrN3O2S/c1-2-3-6-20-12-5-4-11(15)7-10(12)8-16-18-14-17-13(19)9-21-14/h4-5,7-8H,2-3,6,9H2,1H3,(H,17,18,19). The molecule has 0 aromatic heterocycles. The lowest BCUT2D eigenvalue weighted by Crippen LogP contribution is -2.19. The molecule has 0 unspecified atom stereocenters. The number of ether oxygens (including phenoxy) is 1. The molecule has 1 aliphatic rings. The fourth-order valence-corrected chi connectivity index (χ4v) is 2.61. The van der Waals surface area contributed by atoms with E-state index in [0.717, 1.165) is 28.6 Å². The lowest BCUT2D eigenvalue weighted by Gasteiger charge is -2.08. The summed E-state index contributed by atoms with van der Waals surface area (Å²) in [6, 6.07) is 5.75. The van der Waals surface area contributed by atoms with E-state index in [4.69, 9.17) is 4.74 Å². The molecular formula is C14H16BrN3O2S. The highest BCUT2D eigenvalue weighted by Gasteiger charge is 2.15. The molecule has 0 spiro atoms. The minimum Gasteiger partial charge on any atom is -0.493 e. The van der Waals surface area contributed by atoms with E-state index in [2.05, 4.69) is 38.4 Å². The van der Waals surface area contributed by atoms with Gasteiger partial charge < -0.3 is 10.1 Å². The zero-order chi connectivity index (χ0) is 15.1. The number of rotatable bonds is 6. The molecule has 5 nitrogen and oxygen atoms in total. The number of amidine groups is 1. The number of benzene rings is 1. The molecule has 21 heavy (non-hydrogen) atoms. The fourth-order valence-electron chi connectivity index (χ4n) is 1.60. The van der Waals surface area contributed by atoms with Crippen LogP contribution in [-0.2, 0) is 4.79 Å². The lowest BCUT2D eigenvalue weighted by atomic mass is 10.2. The average molecular weight is 370 g/mol. The van der Waals surface area contributed by atoms with Gasteiger partial charge >= 0.3 is 0 Å². The van der Waals surface area contributed by atoms with Crippen molar-refractivity contribution in [3.63, 3.8) is 0 Å². The van der Waals surface area contributed by atoms with Crippen LogP contribution in [-0.4, -0.2) is 29.6 Å². The minimum absolute atomic E-state index is 0.0417. The molecule has 1 aromatic rings. The van der Waals surface area contributed by atoms with Gasteiger partial charge in [-0.15, -0.1) is 5.10 Å². The van der Waals surface area contributed by atoms with Crippen LogP contribution < -0.4 is 10.1 Å². The highest BCUT2D eigenvalue weighted by atomic mass is 79.9. The molecule has 0 atom stereocenters. The Hall–Kier alpha value is -1.34. The molecule has 1 fully saturated rings. The van der Waals surface area contributed by atoms with Gasteiger partial charge in [0.1, 0.15) is 5.75 Å². The Morgan fingerprint density at radius 2 is 2.38 bits per heavy atom. The van der Waals surface area contributed by atoms with Gasteiger partial charge in [-0.2, -0.15) is 5.10 Å². The highest BCUT2D eigenvalue weighted by Crippen LogP contribution is 2.22. The maximum absolute atomic E-state index is 11.0. The molecule has 1 aliphatic heterocycles. The van der Waals surface area contributed by atoms with Crippen LogP contribution in [0.15, 0.2) is 32.9 Å². The first kappa shape index (κ1) is 16.0. The van der Waals surface area contributed by atoms with Gasteiger partial charge in [0.25, 0.3) is 0 Å². The number of hydrogen-bond donors (Lipinski definition) is 1. The SMILES string of the molecule is CCCCOc1ccc(Br)cc1C=NN=C1NC(=O)CS1. The summed E-state index contributed by atoms with van der Waals surface area (Å²) in [7, 11) is 0. The first-order chi connectivity index (χ1) is 10.2. The second-order valence-electron chi connectivity index (χ2n) is 4.37. The molecule has 0 aliphatic carbocycles. The summed E-state index contributed by atoms with van der Waals surface area (Å²) < 4.78 is 6.68. The molecule has 112 valence electrons. The van der Waals surface area contributed by atoms with E-state index < -0.39 is 0 Å². The number of amides is 1. The normalized spacial score (nSPS) is 16.7. The molecule has 1 aromatic carbocycles. The molecule has 1 N–H and O–H groups in total. The molecule has 7 heteroatoms. The van der Waals surface area contributed by atoms with E-state index >= 15 is 0 Å². The number of carbonyl (C=O) groups excluding carboxylic acids is 1. The van der Waals surface area contributed by atoms with E-state index in [1.807, 2.05) is 18.2 Å². The highest BCUT2D eigenvalue weighted by molar-refractivity contribution is 9.10. The Labute approximate surface area is 136 Å². The van der Waals surface area contributed by atoms with Gasteiger partial charge in [0, 0.05) is 10.0 Å². The van der Waals surface area contributed by atoms with Gasteiger partial charge in [-0.05, 0) is 24.6 Å². The molecule has 1 amide bonds. The van der Waals surface area contributed by atoms with E-state index in [1.54, 1.807) is 6.21 Å². The van der Waals surface area contributed by atoms with Crippen molar-refractivity contribution < 1.29 is 9.53 Å². The number of thioether (sulfide) groups is 1. The third-order valence-electron chi connectivity index (χ3n) is 2.66. The molecule has 0 bridgehead atoms. The van der Waals surface area contributed by atoms with Gasteiger partial charge in [0.15, 0.2) is 5.17 Å². The third-order valence-corrected chi connectivity index (χ3v) is 4.02. The number of carbonyl (C=O) groups is 1. The Bertz CT molecular complexity index is 575. The van der Waals surface area contributed by atoms with Crippen LogP contribution in [0.1, 0.15) is 25.3 Å². The van der Waals surface area contributed by atoms with Crippen LogP contribution in [0, 0.1) is 0 Å². The molecule has 1 saturated heterocycles. The molecule has 0 radical (unpaired) electrons. The summed E-state index contributed by atoms with van der Waals surface area (Å²) in [6.07, 6.45) is 3.73. The van der Waals surface area contributed by atoms with Crippen molar-refractivity contribution in [2.75, 3.05) is 12.4 Å². The van der Waals surface area contributed by atoms with E-state index in [-0.39, 0.29) is 5.91 Å². The largest absolute Gasteiger partial charge is 0.493 e. The summed E-state index contributed by atoms with van der Waals surface area (Å²) >= 11 is 4.77. The molecular weight excluding hydrogens is 354 g/mol. The van der Waals surface area contributed by atoms with Crippen molar-refractivity contribution in [1.29, 1.82) is 0 Å². The number of halogens is 1. The van der Waals surface area contributed by atoms with Crippen LogP contribution in [0.25, 0.3) is 0 Å². The van der Waals surface area contributed by atoms with Crippen LogP contribution in [0.4, 0.5) is 0 Å². The Kier molecular flexibility index (Phi) is 6.25. The maximum atomic E-state index is 11.0. The Balaban J connectivity index is 2.06. The van der Waals surface area contributed by atoms with Crippen molar-refractivity contribution in [1.82, 2.24) is 5.32 Å². The summed E-state index contributed by atoms with van der Waals surface area (Å²) in [5, 5.41) is 11.2. The monoisotopic (exact) mass is 369 g/mol. The lowest BCUT2D eigenvalue weighted by molar-refractivity contribution is -0.116. The quantitative estimate of drug-likeness (QED) is 0.475.